The fourth-order valence-electron chi connectivity index (χ4n) is 1.54. The summed E-state index contributed by atoms with van der Waals surface area (Å²) in [4.78, 5) is 0. The standard InChI is InChI=1S/C13H21NO2/c1-9-5-4-6-10(2)12(9)16-8-7-11(3)13(14)15/h4-6,11,13,15H,7-8,14H2,1-3H3. The summed E-state index contributed by atoms with van der Waals surface area (Å²) in [5, 5.41) is 9.15. The van der Waals surface area contributed by atoms with Crippen LogP contribution in [0.25, 0.3) is 0 Å². The maximum absolute atomic E-state index is 9.15. The largest absolute Gasteiger partial charge is 0.493 e. The number of hydrogen-bond acceptors (Lipinski definition) is 3. The molecule has 0 heterocycles. The van der Waals surface area contributed by atoms with Crippen LogP contribution in [0.15, 0.2) is 18.2 Å². The number of para-hydroxylation sites is 1. The third-order valence-corrected chi connectivity index (χ3v) is 2.81. The molecule has 3 heteroatoms. The van der Waals surface area contributed by atoms with Gasteiger partial charge in [-0.15, -0.1) is 0 Å². The zero-order chi connectivity index (χ0) is 12.1. The smallest absolute Gasteiger partial charge is 0.125 e. The third kappa shape index (κ3) is 3.51. The molecule has 0 amide bonds. The minimum absolute atomic E-state index is 0.0596. The molecule has 3 N–H and O–H groups in total. The Balaban J connectivity index is 2.49. The molecule has 90 valence electrons. The fraction of sp³-hybridized carbons (Fsp3) is 0.538. The molecule has 0 spiro atoms. The Morgan fingerprint density at radius 3 is 2.38 bits per heavy atom. The van der Waals surface area contributed by atoms with Crippen LogP contribution in [0.3, 0.4) is 0 Å². The number of ether oxygens (including phenoxy) is 1. The van der Waals surface area contributed by atoms with Crippen molar-refractivity contribution in [3.63, 3.8) is 0 Å². The van der Waals surface area contributed by atoms with E-state index in [9.17, 15) is 0 Å². The number of hydrogen-bond donors (Lipinski definition) is 2. The molecule has 2 atom stereocenters. The lowest BCUT2D eigenvalue weighted by atomic mass is 10.1. The minimum Gasteiger partial charge on any atom is -0.493 e. The number of aliphatic hydroxyl groups excluding tert-OH is 1. The van der Waals surface area contributed by atoms with Gasteiger partial charge in [0, 0.05) is 0 Å². The first-order chi connectivity index (χ1) is 7.52. The van der Waals surface area contributed by atoms with Gasteiger partial charge in [-0.1, -0.05) is 25.1 Å². The zero-order valence-electron chi connectivity index (χ0n) is 10.2. The quantitative estimate of drug-likeness (QED) is 0.750. The molecule has 3 nitrogen and oxygen atoms in total. The highest BCUT2D eigenvalue weighted by Gasteiger charge is 2.10. The fourth-order valence-corrected chi connectivity index (χ4v) is 1.54. The van der Waals surface area contributed by atoms with E-state index in [4.69, 9.17) is 15.6 Å². The molecule has 0 radical (unpaired) electrons. The van der Waals surface area contributed by atoms with Crippen LogP contribution < -0.4 is 10.5 Å². The van der Waals surface area contributed by atoms with Crippen molar-refractivity contribution in [1.82, 2.24) is 0 Å². The molecule has 0 bridgehead atoms. The Kier molecular flexibility index (Phi) is 4.77. The van der Waals surface area contributed by atoms with Crippen LogP contribution in [0, 0.1) is 19.8 Å². The monoisotopic (exact) mass is 223 g/mol. The Morgan fingerprint density at radius 1 is 1.31 bits per heavy atom. The van der Waals surface area contributed by atoms with Gasteiger partial charge in [0.05, 0.1) is 6.61 Å². The van der Waals surface area contributed by atoms with Gasteiger partial charge >= 0.3 is 0 Å². The van der Waals surface area contributed by atoms with E-state index >= 15 is 0 Å². The van der Waals surface area contributed by atoms with Gasteiger partial charge in [-0.2, -0.15) is 0 Å². The normalized spacial score (nSPS) is 14.6. The van der Waals surface area contributed by atoms with Crippen molar-refractivity contribution in [3.05, 3.63) is 29.3 Å². The highest BCUT2D eigenvalue weighted by Crippen LogP contribution is 2.22. The van der Waals surface area contributed by atoms with Crippen molar-refractivity contribution in [2.24, 2.45) is 11.7 Å². The molecule has 1 aromatic carbocycles. The highest BCUT2D eigenvalue weighted by atomic mass is 16.5. The topological polar surface area (TPSA) is 55.5 Å². The first-order valence-electron chi connectivity index (χ1n) is 5.65. The molecule has 2 unspecified atom stereocenters. The van der Waals surface area contributed by atoms with Crippen molar-refractivity contribution in [1.29, 1.82) is 0 Å². The molecule has 0 aromatic heterocycles. The summed E-state index contributed by atoms with van der Waals surface area (Å²) in [6.45, 7) is 6.56. The summed E-state index contributed by atoms with van der Waals surface area (Å²) in [7, 11) is 0. The Bertz CT molecular complexity index is 316. The van der Waals surface area contributed by atoms with Gasteiger partial charge in [0.1, 0.15) is 12.0 Å². The Labute approximate surface area is 97.2 Å². The predicted octanol–water partition coefficient (Wildman–Crippen LogP) is 1.99. The number of aliphatic hydroxyl groups is 1. The van der Waals surface area contributed by atoms with Crippen molar-refractivity contribution in [2.75, 3.05) is 6.61 Å². The third-order valence-electron chi connectivity index (χ3n) is 2.81. The van der Waals surface area contributed by atoms with Gasteiger partial charge in [0.2, 0.25) is 0 Å². The van der Waals surface area contributed by atoms with Crippen LogP contribution in [-0.2, 0) is 0 Å². The average molecular weight is 223 g/mol. The second-order valence-corrected chi connectivity index (χ2v) is 4.33. The lowest BCUT2D eigenvalue weighted by Crippen LogP contribution is -2.28. The molecule has 0 aliphatic heterocycles. The summed E-state index contributed by atoms with van der Waals surface area (Å²) in [5.74, 6) is 1.01. The Morgan fingerprint density at radius 2 is 1.88 bits per heavy atom. The predicted molar refractivity (Wildman–Crippen MR) is 65.4 cm³/mol. The molecule has 0 fully saturated rings. The minimum atomic E-state index is -0.762. The van der Waals surface area contributed by atoms with Crippen LogP contribution in [0.2, 0.25) is 0 Å². The van der Waals surface area contributed by atoms with Gasteiger partial charge < -0.3 is 15.6 Å². The van der Waals surface area contributed by atoms with Gasteiger partial charge in [-0.25, -0.2) is 0 Å². The second kappa shape index (κ2) is 5.87. The molecular formula is C13H21NO2. The van der Waals surface area contributed by atoms with E-state index in [1.54, 1.807) is 0 Å². The van der Waals surface area contributed by atoms with E-state index in [-0.39, 0.29) is 5.92 Å². The second-order valence-electron chi connectivity index (χ2n) is 4.33. The zero-order valence-corrected chi connectivity index (χ0v) is 10.2. The van der Waals surface area contributed by atoms with Crippen molar-refractivity contribution in [2.45, 2.75) is 33.4 Å². The molecule has 0 aliphatic carbocycles. The maximum Gasteiger partial charge on any atom is 0.125 e. The summed E-state index contributed by atoms with van der Waals surface area (Å²) in [5.41, 5.74) is 7.65. The molecule has 16 heavy (non-hydrogen) atoms. The van der Waals surface area contributed by atoms with E-state index in [1.165, 1.54) is 0 Å². The average Bonchev–Trinajstić information content (AvgIpc) is 2.22. The van der Waals surface area contributed by atoms with E-state index in [2.05, 4.69) is 0 Å². The van der Waals surface area contributed by atoms with Gasteiger partial charge in [0.25, 0.3) is 0 Å². The first-order valence-corrected chi connectivity index (χ1v) is 5.65. The van der Waals surface area contributed by atoms with E-state index in [0.717, 1.165) is 23.3 Å². The van der Waals surface area contributed by atoms with Gasteiger partial charge in [-0.05, 0) is 37.3 Å². The van der Waals surface area contributed by atoms with Crippen molar-refractivity contribution >= 4 is 0 Å². The lowest BCUT2D eigenvalue weighted by Gasteiger charge is -2.16. The van der Waals surface area contributed by atoms with Crippen LogP contribution in [-0.4, -0.2) is 17.9 Å². The van der Waals surface area contributed by atoms with Gasteiger partial charge in [-0.3, -0.25) is 0 Å². The SMILES string of the molecule is Cc1cccc(C)c1OCCC(C)C(N)O. The molecule has 1 rings (SSSR count). The van der Waals surface area contributed by atoms with Crippen LogP contribution >= 0.6 is 0 Å². The summed E-state index contributed by atoms with van der Waals surface area (Å²) in [6.07, 6.45) is -0.00704. The molecule has 0 saturated heterocycles. The summed E-state index contributed by atoms with van der Waals surface area (Å²) >= 11 is 0. The van der Waals surface area contributed by atoms with Crippen LogP contribution in [0.4, 0.5) is 0 Å². The molecule has 1 aromatic rings. The number of rotatable bonds is 5. The lowest BCUT2D eigenvalue weighted by molar-refractivity contribution is 0.107. The molecule has 0 aliphatic rings. The maximum atomic E-state index is 9.15. The summed E-state index contributed by atoms with van der Waals surface area (Å²) < 4.78 is 5.72. The van der Waals surface area contributed by atoms with Gasteiger partial charge in [0.15, 0.2) is 0 Å². The first kappa shape index (κ1) is 13.0. The number of nitrogens with two attached hydrogens (primary N) is 1. The van der Waals surface area contributed by atoms with E-state index in [0.29, 0.717) is 6.61 Å². The Hall–Kier alpha value is -1.06. The van der Waals surface area contributed by atoms with Crippen molar-refractivity contribution in [3.8, 4) is 5.75 Å². The number of benzene rings is 1. The van der Waals surface area contributed by atoms with E-state index in [1.807, 2.05) is 39.0 Å². The highest BCUT2D eigenvalue weighted by molar-refractivity contribution is 5.39. The molecular weight excluding hydrogens is 202 g/mol. The number of aryl methyl sites for hydroxylation is 2. The van der Waals surface area contributed by atoms with Crippen LogP contribution in [0.5, 0.6) is 5.75 Å². The molecule has 0 saturated carbocycles. The van der Waals surface area contributed by atoms with Crippen molar-refractivity contribution < 1.29 is 9.84 Å². The van der Waals surface area contributed by atoms with Crippen LogP contribution in [0.1, 0.15) is 24.5 Å². The summed E-state index contributed by atoms with van der Waals surface area (Å²) in [6, 6.07) is 6.08. The van der Waals surface area contributed by atoms with E-state index < -0.39 is 6.23 Å².